The molecule has 0 radical (unpaired) electrons. The number of hydrogen-bond donors (Lipinski definition) is 0. The van der Waals surface area contributed by atoms with E-state index in [0.29, 0.717) is 23.8 Å². The summed E-state index contributed by atoms with van der Waals surface area (Å²) in [5.41, 5.74) is -0.978. The van der Waals surface area contributed by atoms with Crippen molar-refractivity contribution in [1.29, 1.82) is 0 Å². The molecule has 1 atom stereocenters. The first kappa shape index (κ1) is 11.6. The average molecular weight is 259 g/mol. The highest BCUT2D eigenvalue weighted by Gasteiger charge is 2.48. The molecule has 86 valence electrons. The van der Waals surface area contributed by atoms with Crippen LogP contribution in [0.2, 0.25) is 4.34 Å². The van der Waals surface area contributed by atoms with Gasteiger partial charge in [0.25, 0.3) is 0 Å². The molecule has 0 spiro atoms. The van der Waals surface area contributed by atoms with E-state index in [0.717, 1.165) is 4.88 Å². The summed E-state index contributed by atoms with van der Waals surface area (Å²) in [6.07, 6.45) is 0.870. The summed E-state index contributed by atoms with van der Waals surface area (Å²) in [6.45, 7) is 1.78. The Morgan fingerprint density at radius 1 is 1.62 bits per heavy atom. The summed E-state index contributed by atoms with van der Waals surface area (Å²) in [4.78, 5) is 24.3. The van der Waals surface area contributed by atoms with Crippen LogP contribution in [0.4, 0.5) is 0 Å². The van der Waals surface area contributed by atoms with Gasteiger partial charge in [-0.3, -0.25) is 9.59 Å². The van der Waals surface area contributed by atoms with Gasteiger partial charge >= 0.3 is 5.97 Å². The van der Waals surface area contributed by atoms with Crippen LogP contribution in [-0.2, 0) is 20.7 Å². The molecule has 0 N–H and O–H groups in total. The molecule has 16 heavy (non-hydrogen) atoms. The van der Waals surface area contributed by atoms with Crippen LogP contribution in [0.5, 0.6) is 0 Å². The average Bonchev–Trinajstić information content (AvgIpc) is 2.76. The first-order chi connectivity index (χ1) is 7.54. The molecule has 2 rings (SSSR count). The minimum Gasteiger partial charge on any atom is -0.465 e. The number of hydrogen-bond acceptors (Lipinski definition) is 4. The number of esters is 1. The predicted octanol–water partition coefficient (Wildman–Crippen LogP) is 2.47. The van der Waals surface area contributed by atoms with Gasteiger partial charge in [0.2, 0.25) is 0 Å². The number of carbonyl (C=O) groups is 2. The smallest absolute Gasteiger partial charge is 0.320 e. The van der Waals surface area contributed by atoms with Crippen molar-refractivity contribution in [3.8, 4) is 0 Å². The molecule has 0 aromatic carbocycles. The SMILES string of the molecule is CC(=O)C1(Cc2ccc(Cl)s2)CCOC1=O. The summed E-state index contributed by atoms with van der Waals surface area (Å²) in [5, 5.41) is 0. The van der Waals surface area contributed by atoms with E-state index in [1.54, 1.807) is 6.07 Å². The zero-order valence-corrected chi connectivity index (χ0v) is 10.4. The lowest BCUT2D eigenvalue weighted by Crippen LogP contribution is -2.36. The molecular weight excluding hydrogens is 248 g/mol. The number of Topliss-reactive ketones (excluding diaryl/α,β-unsaturated/α-hetero) is 1. The molecule has 2 heterocycles. The van der Waals surface area contributed by atoms with Crippen molar-refractivity contribution in [2.75, 3.05) is 6.61 Å². The summed E-state index contributed by atoms with van der Waals surface area (Å²) in [6, 6.07) is 3.62. The van der Waals surface area contributed by atoms with E-state index >= 15 is 0 Å². The minimum atomic E-state index is -0.978. The predicted molar refractivity (Wildman–Crippen MR) is 61.7 cm³/mol. The largest absolute Gasteiger partial charge is 0.465 e. The van der Waals surface area contributed by atoms with E-state index in [-0.39, 0.29) is 5.78 Å². The molecule has 0 saturated carbocycles. The van der Waals surface area contributed by atoms with Gasteiger partial charge in [-0.25, -0.2) is 0 Å². The Morgan fingerprint density at radius 2 is 2.38 bits per heavy atom. The number of thiophene rings is 1. The van der Waals surface area contributed by atoms with Crippen LogP contribution in [0.1, 0.15) is 18.2 Å². The standard InChI is InChI=1S/C11H11ClO3S/c1-7(13)11(4-5-15-10(11)14)6-8-2-3-9(12)16-8/h2-3H,4-6H2,1H3. The number of cyclic esters (lactones) is 1. The fraction of sp³-hybridized carbons (Fsp3) is 0.455. The maximum atomic E-state index is 11.7. The molecule has 0 bridgehead atoms. The second-order valence-corrected chi connectivity index (χ2v) is 5.71. The number of rotatable bonds is 3. The maximum Gasteiger partial charge on any atom is 0.320 e. The monoisotopic (exact) mass is 258 g/mol. The molecule has 1 aromatic rings. The quantitative estimate of drug-likeness (QED) is 0.618. The van der Waals surface area contributed by atoms with Gasteiger partial charge in [0.15, 0.2) is 0 Å². The van der Waals surface area contributed by atoms with E-state index in [1.807, 2.05) is 6.07 Å². The van der Waals surface area contributed by atoms with Crippen LogP contribution in [0.3, 0.4) is 0 Å². The number of carbonyl (C=O) groups excluding carboxylic acids is 2. The Morgan fingerprint density at radius 3 is 2.81 bits per heavy atom. The highest BCUT2D eigenvalue weighted by Crippen LogP contribution is 2.37. The van der Waals surface area contributed by atoms with Crippen molar-refractivity contribution in [3.63, 3.8) is 0 Å². The third kappa shape index (κ3) is 1.87. The molecule has 0 aliphatic carbocycles. The molecular formula is C11H11ClO3S. The molecule has 1 saturated heterocycles. The molecule has 1 fully saturated rings. The number of ketones is 1. The Hall–Kier alpha value is -0.870. The Labute approximate surface area is 102 Å². The van der Waals surface area contributed by atoms with Crippen LogP contribution < -0.4 is 0 Å². The van der Waals surface area contributed by atoms with Gasteiger partial charge in [0, 0.05) is 17.7 Å². The van der Waals surface area contributed by atoms with Gasteiger partial charge in [-0.05, 0) is 19.1 Å². The molecule has 1 aliphatic heterocycles. The van der Waals surface area contributed by atoms with E-state index in [2.05, 4.69) is 0 Å². The minimum absolute atomic E-state index is 0.125. The second kappa shape index (κ2) is 4.18. The van der Waals surface area contributed by atoms with E-state index in [4.69, 9.17) is 16.3 Å². The summed E-state index contributed by atoms with van der Waals surface area (Å²) < 4.78 is 5.59. The lowest BCUT2D eigenvalue weighted by Gasteiger charge is -2.19. The molecule has 0 amide bonds. The number of ether oxygens (including phenoxy) is 1. The Bertz CT molecular complexity index is 440. The van der Waals surface area contributed by atoms with Gasteiger partial charge in [0.05, 0.1) is 10.9 Å². The van der Waals surface area contributed by atoms with Gasteiger partial charge in [0.1, 0.15) is 11.2 Å². The number of halogens is 1. The highest BCUT2D eigenvalue weighted by molar-refractivity contribution is 7.16. The summed E-state index contributed by atoms with van der Waals surface area (Å²) >= 11 is 7.22. The van der Waals surface area contributed by atoms with Gasteiger partial charge in [-0.1, -0.05) is 11.6 Å². The maximum absolute atomic E-state index is 11.7. The molecule has 1 unspecified atom stereocenters. The van der Waals surface area contributed by atoms with Crippen molar-refractivity contribution in [1.82, 2.24) is 0 Å². The fourth-order valence-corrected chi connectivity index (χ4v) is 3.11. The first-order valence-electron chi connectivity index (χ1n) is 4.97. The van der Waals surface area contributed by atoms with Crippen molar-refractivity contribution in [2.45, 2.75) is 19.8 Å². The molecule has 5 heteroatoms. The highest BCUT2D eigenvalue weighted by atomic mass is 35.5. The van der Waals surface area contributed by atoms with Crippen LogP contribution in [-0.4, -0.2) is 18.4 Å². The summed E-state index contributed by atoms with van der Waals surface area (Å²) in [5.74, 6) is -0.524. The van der Waals surface area contributed by atoms with E-state index in [1.165, 1.54) is 18.3 Å². The van der Waals surface area contributed by atoms with Crippen LogP contribution in [0, 0.1) is 5.41 Å². The van der Waals surface area contributed by atoms with Gasteiger partial charge in [-0.15, -0.1) is 11.3 Å². The van der Waals surface area contributed by atoms with Gasteiger partial charge in [-0.2, -0.15) is 0 Å². The Kier molecular flexibility index (Phi) is 3.04. The zero-order chi connectivity index (χ0) is 11.8. The zero-order valence-electron chi connectivity index (χ0n) is 8.79. The lowest BCUT2D eigenvalue weighted by atomic mass is 9.79. The van der Waals surface area contributed by atoms with E-state index in [9.17, 15) is 9.59 Å². The fourth-order valence-electron chi connectivity index (χ4n) is 1.91. The van der Waals surface area contributed by atoms with Crippen LogP contribution in [0.25, 0.3) is 0 Å². The first-order valence-corrected chi connectivity index (χ1v) is 6.16. The molecule has 3 nitrogen and oxygen atoms in total. The third-order valence-electron chi connectivity index (χ3n) is 2.93. The van der Waals surface area contributed by atoms with Crippen LogP contribution >= 0.6 is 22.9 Å². The van der Waals surface area contributed by atoms with Crippen molar-refractivity contribution < 1.29 is 14.3 Å². The normalized spacial score (nSPS) is 24.5. The molecule has 1 aromatic heterocycles. The van der Waals surface area contributed by atoms with Crippen LogP contribution in [0.15, 0.2) is 12.1 Å². The topological polar surface area (TPSA) is 43.4 Å². The molecule has 1 aliphatic rings. The van der Waals surface area contributed by atoms with Gasteiger partial charge < -0.3 is 4.74 Å². The lowest BCUT2D eigenvalue weighted by molar-refractivity contribution is -0.150. The summed E-state index contributed by atoms with van der Waals surface area (Å²) in [7, 11) is 0. The third-order valence-corrected chi connectivity index (χ3v) is 4.16. The van der Waals surface area contributed by atoms with Crippen molar-refractivity contribution in [3.05, 3.63) is 21.3 Å². The van der Waals surface area contributed by atoms with E-state index < -0.39 is 11.4 Å². The van der Waals surface area contributed by atoms with Crippen molar-refractivity contribution >= 4 is 34.7 Å². The second-order valence-electron chi connectivity index (χ2n) is 3.91. The van der Waals surface area contributed by atoms with Crippen molar-refractivity contribution in [2.24, 2.45) is 5.41 Å². The Balaban J connectivity index is 2.28.